The summed E-state index contributed by atoms with van der Waals surface area (Å²) in [5, 5.41) is 6.73. The molecular weight excluding hydrogens is 399 g/mol. The third kappa shape index (κ3) is 5.16. The lowest BCUT2D eigenvalue weighted by Gasteiger charge is -2.42. The SMILES string of the molecule is CCOC(=O)N1CCN([C@H]2CCC[C@@H](NC(=O)C3CC4C(F)CCC(C)C4N3)C2)CC1. The summed E-state index contributed by atoms with van der Waals surface area (Å²) < 4.78 is 19.5. The smallest absolute Gasteiger partial charge is 0.409 e. The Bertz CT molecular complexity index is 624. The number of nitrogens with one attached hydrogen (secondary N) is 2. The number of amides is 2. The first-order valence-corrected chi connectivity index (χ1v) is 12.3. The van der Waals surface area contributed by atoms with E-state index in [-0.39, 0.29) is 36.0 Å². The second-order valence-corrected chi connectivity index (χ2v) is 9.96. The van der Waals surface area contributed by atoms with Gasteiger partial charge in [0.1, 0.15) is 6.17 Å². The van der Waals surface area contributed by atoms with Crippen LogP contribution in [0.25, 0.3) is 0 Å². The van der Waals surface area contributed by atoms with E-state index in [9.17, 15) is 14.0 Å². The van der Waals surface area contributed by atoms with Gasteiger partial charge in [-0.1, -0.05) is 6.92 Å². The maximum Gasteiger partial charge on any atom is 0.409 e. The molecule has 4 fully saturated rings. The van der Waals surface area contributed by atoms with Crippen LogP contribution in [0.15, 0.2) is 0 Å². The molecule has 2 N–H and O–H groups in total. The fourth-order valence-corrected chi connectivity index (χ4v) is 6.21. The zero-order chi connectivity index (χ0) is 22.0. The molecule has 8 heteroatoms. The maximum absolute atomic E-state index is 14.4. The fraction of sp³-hybridized carbons (Fsp3) is 0.913. The van der Waals surface area contributed by atoms with Crippen molar-refractivity contribution in [3.63, 3.8) is 0 Å². The van der Waals surface area contributed by atoms with Gasteiger partial charge in [0.25, 0.3) is 0 Å². The molecule has 0 aromatic carbocycles. The molecule has 2 amide bonds. The molecule has 2 heterocycles. The van der Waals surface area contributed by atoms with Crippen molar-refractivity contribution in [2.24, 2.45) is 11.8 Å². The highest BCUT2D eigenvalue weighted by molar-refractivity contribution is 5.82. The number of rotatable bonds is 4. The van der Waals surface area contributed by atoms with Crippen LogP contribution in [-0.2, 0) is 9.53 Å². The molecule has 0 bridgehead atoms. The Balaban J connectivity index is 1.25. The second kappa shape index (κ2) is 10.0. The van der Waals surface area contributed by atoms with E-state index >= 15 is 0 Å². The van der Waals surface area contributed by atoms with Gasteiger partial charge in [-0.05, 0) is 57.8 Å². The topological polar surface area (TPSA) is 73.9 Å². The molecule has 31 heavy (non-hydrogen) atoms. The number of carbonyl (C=O) groups is 2. The van der Waals surface area contributed by atoms with Gasteiger partial charge in [-0.25, -0.2) is 9.18 Å². The van der Waals surface area contributed by atoms with Crippen LogP contribution in [0, 0.1) is 11.8 Å². The van der Waals surface area contributed by atoms with Gasteiger partial charge < -0.3 is 20.3 Å². The number of carbonyl (C=O) groups excluding carboxylic acids is 2. The van der Waals surface area contributed by atoms with Crippen molar-refractivity contribution in [3.8, 4) is 0 Å². The Morgan fingerprint density at radius 3 is 2.58 bits per heavy atom. The monoisotopic (exact) mass is 438 g/mol. The Kier molecular flexibility index (Phi) is 7.37. The van der Waals surface area contributed by atoms with Crippen LogP contribution in [0.2, 0.25) is 0 Å². The van der Waals surface area contributed by atoms with Gasteiger partial charge in [0.05, 0.1) is 12.6 Å². The van der Waals surface area contributed by atoms with Crippen LogP contribution in [0.3, 0.4) is 0 Å². The van der Waals surface area contributed by atoms with E-state index < -0.39 is 6.17 Å². The molecule has 2 aliphatic carbocycles. The highest BCUT2D eigenvalue weighted by Crippen LogP contribution is 2.38. The number of ether oxygens (including phenoxy) is 1. The van der Waals surface area contributed by atoms with Crippen molar-refractivity contribution in [3.05, 3.63) is 0 Å². The molecule has 0 spiro atoms. The summed E-state index contributed by atoms with van der Waals surface area (Å²) in [5.41, 5.74) is 0. The van der Waals surface area contributed by atoms with Crippen LogP contribution >= 0.6 is 0 Å². The van der Waals surface area contributed by atoms with Gasteiger partial charge in [0, 0.05) is 50.2 Å². The summed E-state index contributed by atoms with van der Waals surface area (Å²) in [6.45, 7) is 7.51. The molecule has 0 aromatic heterocycles. The van der Waals surface area contributed by atoms with Crippen molar-refractivity contribution >= 4 is 12.0 Å². The number of halogens is 1. The zero-order valence-corrected chi connectivity index (χ0v) is 19.0. The van der Waals surface area contributed by atoms with Crippen LogP contribution in [0.1, 0.15) is 58.8 Å². The second-order valence-electron chi connectivity index (χ2n) is 9.96. The molecule has 4 aliphatic rings. The normalized spacial score (nSPS) is 39.1. The Hall–Kier alpha value is -1.41. The van der Waals surface area contributed by atoms with E-state index in [0.29, 0.717) is 44.5 Å². The van der Waals surface area contributed by atoms with E-state index in [0.717, 1.165) is 45.2 Å². The molecule has 176 valence electrons. The molecule has 0 aromatic rings. The van der Waals surface area contributed by atoms with E-state index in [1.54, 1.807) is 4.90 Å². The number of piperazine rings is 1. The lowest BCUT2D eigenvalue weighted by Crippen LogP contribution is -2.55. The van der Waals surface area contributed by atoms with Crippen molar-refractivity contribution < 1.29 is 18.7 Å². The fourth-order valence-electron chi connectivity index (χ4n) is 6.21. The lowest BCUT2D eigenvalue weighted by atomic mass is 9.77. The van der Waals surface area contributed by atoms with E-state index in [2.05, 4.69) is 22.5 Å². The third-order valence-electron chi connectivity index (χ3n) is 8.00. The van der Waals surface area contributed by atoms with Crippen LogP contribution < -0.4 is 10.6 Å². The summed E-state index contributed by atoms with van der Waals surface area (Å²) in [7, 11) is 0. The minimum Gasteiger partial charge on any atom is -0.450 e. The Morgan fingerprint density at radius 1 is 1.10 bits per heavy atom. The summed E-state index contributed by atoms with van der Waals surface area (Å²) in [4.78, 5) is 29.1. The number of alkyl halides is 1. The van der Waals surface area contributed by atoms with Crippen molar-refractivity contribution in [2.45, 2.75) is 89.1 Å². The maximum atomic E-state index is 14.4. The standard InChI is InChI=1S/C23H39FN4O3/c1-3-31-23(30)28-11-9-27(10-12-28)17-6-4-5-16(13-17)25-22(29)20-14-18-19(24)8-7-15(2)21(18)26-20/h15-21,26H,3-14H2,1-2H3,(H,25,29)/t15?,16-,17+,18?,19?,20?,21?/m1/s1. The third-order valence-corrected chi connectivity index (χ3v) is 8.00. The van der Waals surface area contributed by atoms with Crippen LogP contribution in [-0.4, -0.2) is 84.9 Å². The number of nitrogens with zero attached hydrogens (tertiary/aromatic N) is 2. The number of hydrogen-bond acceptors (Lipinski definition) is 5. The first-order chi connectivity index (χ1) is 15.0. The predicted molar refractivity (Wildman–Crippen MR) is 116 cm³/mol. The molecule has 5 unspecified atom stereocenters. The minimum atomic E-state index is -0.779. The summed E-state index contributed by atoms with van der Waals surface area (Å²) in [6.07, 6.45) is 5.35. The Morgan fingerprint density at radius 2 is 1.87 bits per heavy atom. The van der Waals surface area contributed by atoms with E-state index in [1.807, 2.05) is 6.92 Å². The first-order valence-electron chi connectivity index (χ1n) is 12.3. The van der Waals surface area contributed by atoms with Crippen molar-refractivity contribution in [1.82, 2.24) is 20.4 Å². The average Bonchev–Trinajstić information content (AvgIpc) is 3.24. The van der Waals surface area contributed by atoms with Gasteiger partial charge >= 0.3 is 6.09 Å². The van der Waals surface area contributed by atoms with E-state index in [1.165, 1.54) is 0 Å². The summed E-state index contributed by atoms with van der Waals surface area (Å²) >= 11 is 0. The lowest BCUT2D eigenvalue weighted by molar-refractivity contribution is -0.124. The molecule has 7 nitrogen and oxygen atoms in total. The molecule has 4 rings (SSSR count). The van der Waals surface area contributed by atoms with Gasteiger partial charge in [-0.3, -0.25) is 9.69 Å². The van der Waals surface area contributed by atoms with Gasteiger partial charge in [0.2, 0.25) is 5.91 Å². The molecular formula is C23H39FN4O3. The molecule has 2 saturated carbocycles. The van der Waals surface area contributed by atoms with Crippen LogP contribution in [0.5, 0.6) is 0 Å². The van der Waals surface area contributed by atoms with Gasteiger partial charge in [-0.2, -0.15) is 0 Å². The average molecular weight is 439 g/mol. The largest absolute Gasteiger partial charge is 0.450 e. The number of fused-ring (bicyclic) bond motifs is 1. The molecule has 0 radical (unpaired) electrons. The molecule has 7 atom stereocenters. The number of hydrogen-bond donors (Lipinski definition) is 2. The van der Waals surface area contributed by atoms with E-state index in [4.69, 9.17) is 4.74 Å². The minimum absolute atomic E-state index is 0.0192. The first kappa shape index (κ1) is 22.8. The van der Waals surface area contributed by atoms with Gasteiger partial charge in [0.15, 0.2) is 0 Å². The highest BCUT2D eigenvalue weighted by Gasteiger charge is 2.46. The zero-order valence-electron chi connectivity index (χ0n) is 19.0. The van der Waals surface area contributed by atoms with Crippen molar-refractivity contribution in [2.75, 3.05) is 32.8 Å². The highest BCUT2D eigenvalue weighted by atomic mass is 19.1. The van der Waals surface area contributed by atoms with Gasteiger partial charge in [-0.15, -0.1) is 0 Å². The Labute approximate surface area is 185 Å². The predicted octanol–water partition coefficient (Wildman–Crippen LogP) is 2.30. The summed E-state index contributed by atoms with van der Waals surface area (Å²) in [6, 6.07) is 0.492. The van der Waals surface area contributed by atoms with Crippen molar-refractivity contribution in [1.29, 1.82) is 0 Å². The summed E-state index contributed by atoms with van der Waals surface area (Å²) in [5.74, 6) is 0.461. The van der Waals surface area contributed by atoms with Crippen LogP contribution in [0.4, 0.5) is 9.18 Å². The molecule has 2 saturated heterocycles. The molecule has 2 aliphatic heterocycles. The quantitative estimate of drug-likeness (QED) is 0.705.